The minimum absolute atomic E-state index is 0.440. The predicted molar refractivity (Wildman–Crippen MR) is 251 cm³/mol. The molecule has 0 radical (unpaired) electrons. The number of nitrogens with zero attached hydrogens (tertiary/aromatic N) is 3. The lowest BCUT2D eigenvalue weighted by Gasteiger charge is -2.30. The van der Waals surface area contributed by atoms with Crippen molar-refractivity contribution in [2.75, 3.05) is 0 Å². The summed E-state index contributed by atoms with van der Waals surface area (Å²) in [5, 5.41) is 2.22. The highest BCUT2D eigenvalue weighted by atomic mass is 16.3. The molecule has 1 spiro atoms. The van der Waals surface area contributed by atoms with Crippen LogP contribution in [0.5, 0.6) is 0 Å². The molecule has 2 aliphatic rings. The fraction of sp³-hybridized carbons (Fsp3) is 0.0172. The minimum Gasteiger partial charge on any atom is -0.456 e. The van der Waals surface area contributed by atoms with Crippen LogP contribution in [0.4, 0.5) is 0 Å². The SMILES string of the molecule is c1ccc(-c2nc(-c3cccc(-c4ccc5c(c4)oc4ccccc45)c3)nc(-c3ccccc3-c3cccc4c3-c3ccccc3C43c4ccccc4-c4ccccc43)n2)cc1. The van der Waals surface area contributed by atoms with E-state index < -0.39 is 5.41 Å². The molecule has 2 aromatic heterocycles. The minimum atomic E-state index is -0.440. The fourth-order valence-electron chi connectivity index (χ4n) is 10.4. The van der Waals surface area contributed by atoms with E-state index in [0.29, 0.717) is 17.5 Å². The molecule has 0 atom stereocenters. The number of para-hydroxylation sites is 1. The Morgan fingerprint density at radius 1 is 0.290 bits per heavy atom. The number of benzene rings is 9. The fourth-order valence-corrected chi connectivity index (χ4v) is 10.4. The molecule has 0 aliphatic heterocycles. The van der Waals surface area contributed by atoms with Gasteiger partial charge >= 0.3 is 0 Å². The second-order valence-electron chi connectivity index (χ2n) is 16.2. The maximum Gasteiger partial charge on any atom is 0.164 e. The van der Waals surface area contributed by atoms with Gasteiger partial charge in [0.05, 0.1) is 5.41 Å². The Morgan fingerprint density at radius 2 is 0.790 bits per heavy atom. The maximum absolute atomic E-state index is 6.28. The molecule has 2 aliphatic carbocycles. The molecule has 11 aromatic rings. The molecule has 0 saturated heterocycles. The normalized spacial score (nSPS) is 13.0. The maximum atomic E-state index is 6.28. The summed E-state index contributed by atoms with van der Waals surface area (Å²) in [6.07, 6.45) is 0. The summed E-state index contributed by atoms with van der Waals surface area (Å²) in [7, 11) is 0. The largest absolute Gasteiger partial charge is 0.456 e. The highest BCUT2D eigenvalue weighted by molar-refractivity contribution is 6.06. The first-order valence-electron chi connectivity index (χ1n) is 21.1. The van der Waals surface area contributed by atoms with Crippen molar-refractivity contribution < 1.29 is 4.42 Å². The van der Waals surface area contributed by atoms with Crippen molar-refractivity contribution in [3.8, 4) is 78.7 Å². The Kier molecular flexibility index (Phi) is 7.49. The zero-order valence-corrected chi connectivity index (χ0v) is 33.5. The third kappa shape index (κ3) is 4.98. The molecule has 0 saturated carbocycles. The van der Waals surface area contributed by atoms with Gasteiger partial charge in [0, 0.05) is 27.5 Å². The van der Waals surface area contributed by atoms with Crippen LogP contribution in [0.25, 0.3) is 101 Å². The van der Waals surface area contributed by atoms with Gasteiger partial charge in [0.15, 0.2) is 17.5 Å². The second kappa shape index (κ2) is 13.4. The van der Waals surface area contributed by atoms with E-state index in [0.717, 1.165) is 60.9 Å². The Bertz CT molecular complexity index is 3560. The summed E-state index contributed by atoms with van der Waals surface area (Å²) in [6, 6.07) is 75.6. The Balaban J connectivity index is 0.995. The van der Waals surface area contributed by atoms with E-state index in [-0.39, 0.29) is 0 Å². The third-order valence-electron chi connectivity index (χ3n) is 13.0. The Morgan fingerprint density at radius 3 is 1.56 bits per heavy atom. The number of hydrogen-bond acceptors (Lipinski definition) is 4. The van der Waals surface area contributed by atoms with Crippen molar-refractivity contribution in [2.45, 2.75) is 5.41 Å². The van der Waals surface area contributed by atoms with Crippen LogP contribution in [0.15, 0.2) is 217 Å². The lowest BCUT2D eigenvalue weighted by Crippen LogP contribution is -2.25. The zero-order valence-electron chi connectivity index (χ0n) is 33.5. The van der Waals surface area contributed by atoms with Crippen LogP contribution in [0.1, 0.15) is 22.3 Å². The first-order valence-corrected chi connectivity index (χ1v) is 21.1. The van der Waals surface area contributed by atoms with Crippen molar-refractivity contribution in [3.63, 3.8) is 0 Å². The topological polar surface area (TPSA) is 51.8 Å². The number of furan rings is 1. The van der Waals surface area contributed by atoms with Crippen LogP contribution in [0.2, 0.25) is 0 Å². The van der Waals surface area contributed by atoms with E-state index in [2.05, 4.69) is 182 Å². The number of rotatable bonds is 5. The molecule has 4 nitrogen and oxygen atoms in total. The summed E-state index contributed by atoms with van der Waals surface area (Å²) >= 11 is 0. The molecule has 0 fully saturated rings. The van der Waals surface area contributed by atoms with Crippen molar-refractivity contribution in [3.05, 3.63) is 235 Å². The summed E-state index contributed by atoms with van der Waals surface area (Å²) in [5.74, 6) is 1.85. The quantitative estimate of drug-likeness (QED) is 0.174. The molecule has 4 heteroatoms. The molecule has 13 rings (SSSR count). The summed E-state index contributed by atoms with van der Waals surface area (Å²) in [4.78, 5) is 15.7. The first-order chi connectivity index (χ1) is 30.7. The van der Waals surface area contributed by atoms with E-state index in [1.807, 2.05) is 30.3 Å². The molecule has 0 bridgehead atoms. The molecule has 288 valence electrons. The average Bonchev–Trinajstić information content (AvgIpc) is 3.98. The van der Waals surface area contributed by atoms with Crippen LogP contribution in [0.3, 0.4) is 0 Å². The van der Waals surface area contributed by atoms with E-state index in [1.165, 1.54) is 44.5 Å². The van der Waals surface area contributed by atoms with E-state index in [4.69, 9.17) is 19.4 Å². The molecular weight excluding hydrogens is 755 g/mol. The summed E-state index contributed by atoms with van der Waals surface area (Å²) in [5.41, 5.74) is 18.8. The second-order valence-corrected chi connectivity index (χ2v) is 16.2. The zero-order chi connectivity index (χ0) is 40.8. The van der Waals surface area contributed by atoms with Crippen molar-refractivity contribution in [1.82, 2.24) is 15.0 Å². The molecule has 0 amide bonds. The van der Waals surface area contributed by atoms with Gasteiger partial charge in [-0.1, -0.05) is 188 Å². The molecule has 2 heterocycles. The predicted octanol–water partition coefficient (Wildman–Crippen LogP) is 14.4. The van der Waals surface area contributed by atoms with Gasteiger partial charge in [-0.3, -0.25) is 0 Å². The molecule has 62 heavy (non-hydrogen) atoms. The van der Waals surface area contributed by atoms with Gasteiger partial charge in [-0.15, -0.1) is 0 Å². The first kappa shape index (κ1) is 34.6. The van der Waals surface area contributed by atoms with Gasteiger partial charge in [-0.2, -0.15) is 0 Å². The highest BCUT2D eigenvalue weighted by Crippen LogP contribution is 2.64. The smallest absolute Gasteiger partial charge is 0.164 e. The van der Waals surface area contributed by atoms with Gasteiger partial charge < -0.3 is 4.42 Å². The monoisotopic (exact) mass is 789 g/mol. The molecular formula is C58H35N3O. The highest BCUT2D eigenvalue weighted by Gasteiger charge is 2.52. The lowest BCUT2D eigenvalue weighted by atomic mass is 9.70. The van der Waals surface area contributed by atoms with Gasteiger partial charge in [-0.05, 0) is 91.0 Å². The average molecular weight is 790 g/mol. The summed E-state index contributed by atoms with van der Waals surface area (Å²) < 4.78 is 6.28. The molecule has 0 unspecified atom stereocenters. The third-order valence-corrected chi connectivity index (χ3v) is 13.0. The van der Waals surface area contributed by atoms with Crippen LogP contribution in [0, 0.1) is 0 Å². The van der Waals surface area contributed by atoms with Gasteiger partial charge in [0.2, 0.25) is 0 Å². The Hall–Kier alpha value is -8.21. The number of aromatic nitrogens is 3. The van der Waals surface area contributed by atoms with E-state index in [9.17, 15) is 0 Å². The van der Waals surface area contributed by atoms with E-state index in [1.54, 1.807) is 0 Å². The van der Waals surface area contributed by atoms with Crippen LogP contribution in [-0.4, -0.2) is 15.0 Å². The molecule has 9 aromatic carbocycles. The lowest BCUT2D eigenvalue weighted by molar-refractivity contribution is 0.669. The van der Waals surface area contributed by atoms with Crippen LogP contribution < -0.4 is 0 Å². The summed E-state index contributed by atoms with van der Waals surface area (Å²) in [6.45, 7) is 0. The van der Waals surface area contributed by atoms with Gasteiger partial charge in [0.25, 0.3) is 0 Å². The van der Waals surface area contributed by atoms with Crippen molar-refractivity contribution >= 4 is 21.9 Å². The number of hydrogen-bond donors (Lipinski definition) is 0. The molecule has 0 N–H and O–H groups in total. The van der Waals surface area contributed by atoms with Crippen molar-refractivity contribution in [1.29, 1.82) is 0 Å². The van der Waals surface area contributed by atoms with Crippen molar-refractivity contribution in [2.24, 2.45) is 0 Å². The number of fused-ring (bicyclic) bond motifs is 13. The van der Waals surface area contributed by atoms with Crippen LogP contribution in [-0.2, 0) is 5.41 Å². The van der Waals surface area contributed by atoms with Gasteiger partial charge in [-0.25, -0.2) is 15.0 Å². The van der Waals surface area contributed by atoms with Gasteiger partial charge in [0.1, 0.15) is 11.2 Å². The standard InChI is InChI=1S/C58H35N3O/c1-2-16-36(17-3-1)55-59-56(39-19-14-18-37(34-39)38-32-33-44-43-23-9-13-31-52(43)62-53(44)35-38)61-57(60-55)46-24-5-4-20-40(46)45-26-15-30-51-54(45)47-25-8-12-29-50(47)58(51)48-27-10-6-21-41(48)42-22-7-11-28-49(42)58/h1-35H. The van der Waals surface area contributed by atoms with Crippen LogP contribution >= 0.6 is 0 Å². The Labute approximate surface area is 358 Å². The van der Waals surface area contributed by atoms with E-state index >= 15 is 0 Å².